The van der Waals surface area contributed by atoms with Gasteiger partial charge in [-0.25, -0.2) is 9.48 Å². The molecule has 4 aliphatic heterocycles. The van der Waals surface area contributed by atoms with E-state index in [9.17, 15) is 4.79 Å². The molecule has 0 aliphatic carbocycles. The first kappa shape index (κ1) is 36.1. The van der Waals surface area contributed by atoms with Crippen molar-refractivity contribution >= 4 is 45.3 Å². The van der Waals surface area contributed by atoms with Crippen LogP contribution in [0.4, 0.5) is 10.6 Å². The second-order valence-corrected chi connectivity index (χ2v) is 16.9. The number of halogens is 1. The number of methoxy groups -OCH3 is 1. The Morgan fingerprint density at radius 2 is 1.83 bits per heavy atom. The highest BCUT2D eigenvalue weighted by atomic mass is 35.5. The van der Waals surface area contributed by atoms with Crippen LogP contribution in [0, 0.1) is 12.3 Å². The van der Waals surface area contributed by atoms with Crippen molar-refractivity contribution in [3.8, 4) is 22.9 Å². The third kappa shape index (κ3) is 6.87. The molecule has 12 nitrogen and oxygen atoms in total. The van der Waals surface area contributed by atoms with E-state index < -0.39 is 5.60 Å². The van der Waals surface area contributed by atoms with Crippen molar-refractivity contribution in [2.24, 2.45) is 5.41 Å². The highest BCUT2D eigenvalue weighted by molar-refractivity contribution is 6.35. The average Bonchev–Trinajstić information content (AvgIpc) is 3.74. The number of ether oxygens (including phenoxy) is 4. The van der Waals surface area contributed by atoms with E-state index in [0.717, 1.165) is 110 Å². The smallest absolute Gasteiger partial charge is 0.410 e. The van der Waals surface area contributed by atoms with Gasteiger partial charge in [0.1, 0.15) is 23.5 Å². The topological polar surface area (TPSA) is 107 Å². The Balaban J connectivity index is 1.16. The van der Waals surface area contributed by atoms with Crippen LogP contribution in [0.3, 0.4) is 0 Å². The molecular formula is C40H52ClN7O5. The number of nitrogens with zero attached hydrogens (tertiary/aromatic N) is 7. The number of hydrogen-bond donors (Lipinski definition) is 0. The lowest BCUT2D eigenvalue weighted by Gasteiger charge is -2.53. The number of anilines is 1. The number of likely N-dealkylation sites (tertiary alicyclic amines) is 2. The van der Waals surface area contributed by atoms with Crippen LogP contribution >= 0.6 is 11.6 Å². The fourth-order valence-corrected chi connectivity index (χ4v) is 8.99. The van der Waals surface area contributed by atoms with Crippen LogP contribution in [-0.2, 0) is 9.47 Å². The molecule has 1 spiro atoms. The average molecular weight is 746 g/mol. The van der Waals surface area contributed by atoms with Crippen LogP contribution in [0.2, 0.25) is 5.02 Å². The zero-order valence-corrected chi connectivity index (χ0v) is 32.7. The summed E-state index contributed by atoms with van der Waals surface area (Å²) in [7, 11) is 3.82. The molecule has 4 aromatic rings. The van der Waals surface area contributed by atoms with E-state index in [4.69, 9.17) is 45.6 Å². The fourth-order valence-electron chi connectivity index (χ4n) is 8.70. The van der Waals surface area contributed by atoms with Crippen LogP contribution in [0.15, 0.2) is 24.4 Å². The molecule has 1 unspecified atom stereocenters. The molecular weight excluding hydrogens is 694 g/mol. The van der Waals surface area contributed by atoms with Crippen LogP contribution in [0.25, 0.3) is 32.9 Å². The number of aryl methyl sites for hydroxylation is 1. The van der Waals surface area contributed by atoms with Gasteiger partial charge in [0.2, 0.25) is 0 Å². The van der Waals surface area contributed by atoms with Gasteiger partial charge in [0.05, 0.1) is 23.8 Å². The van der Waals surface area contributed by atoms with Crippen molar-refractivity contribution in [2.75, 3.05) is 65.0 Å². The molecule has 0 radical (unpaired) electrons. The Labute approximate surface area is 316 Å². The van der Waals surface area contributed by atoms with Crippen molar-refractivity contribution in [2.45, 2.75) is 90.5 Å². The van der Waals surface area contributed by atoms with Gasteiger partial charge in [0.25, 0.3) is 0 Å². The van der Waals surface area contributed by atoms with Crippen molar-refractivity contribution < 1.29 is 23.7 Å². The standard InChI is InChI=1S/C40H52ClN7O5/c1-25-12-13-30-28(21-42-48(30)31-11-7-8-19-51-31)32(25)33-29(41)20-27-34(35(33)50-6)43-37(52-22-26-10-9-16-45(26)5)44-36(27)46-17-14-40(15-18-46)23-47(24-40)38(49)53-39(2,3)4/h12-13,20-21,26,31H,7-11,14-19,22-24H2,1-6H3/t26-,31?/m0/s1. The van der Waals surface area contributed by atoms with Crippen molar-refractivity contribution in [3.63, 3.8) is 0 Å². The fraction of sp³-hybridized carbons (Fsp3) is 0.600. The van der Waals surface area contributed by atoms with Gasteiger partial charge < -0.3 is 33.6 Å². The minimum atomic E-state index is -0.510. The van der Waals surface area contributed by atoms with Gasteiger partial charge in [-0.2, -0.15) is 15.1 Å². The third-order valence-corrected chi connectivity index (χ3v) is 11.9. The lowest BCUT2D eigenvalue weighted by atomic mass is 9.72. The number of likely N-dealkylation sites (N-methyl/N-ethyl adjacent to an activating group) is 1. The molecule has 0 saturated carbocycles. The summed E-state index contributed by atoms with van der Waals surface area (Å²) in [4.78, 5) is 29.3. The van der Waals surface area contributed by atoms with Gasteiger partial charge in [-0.1, -0.05) is 17.7 Å². The van der Waals surface area contributed by atoms with E-state index in [1.54, 1.807) is 7.11 Å². The molecule has 2 aromatic carbocycles. The van der Waals surface area contributed by atoms with Gasteiger partial charge in [0.15, 0.2) is 12.0 Å². The van der Waals surface area contributed by atoms with Crippen LogP contribution in [-0.4, -0.2) is 107 Å². The van der Waals surface area contributed by atoms with Crippen LogP contribution < -0.4 is 14.4 Å². The minimum absolute atomic E-state index is 0.0778. The molecule has 2 atom stereocenters. The van der Waals surface area contributed by atoms with E-state index in [0.29, 0.717) is 48.0 Å². The molecule has 8 rings (SSSR count). The first-order chi connectivity index (χ1) is 25.4. The molecule has 6 heterocycles. The Morgan fingerprint density at radius 3 is 2.51 bits per heavy atom. The molecule has 0 N–H and O–H groups in total. The highest BCUT2D eigenvalue weighted by Crippen LogP contribution is 2.49. The van der Waals surface area contributed by atoms with E-state index in [2.05, 4.69) is 35.9 Å². The lowest BCUT2D eigenvalue weighted by molar-refractivity contribution is -0.0434. The lowest BCUT2D eigenvalue weighted by Crippen LogP contribution is -2.62. The predicted molar refractivity (Wildman–Crippen MR) is 206 cm³/mol. The number of rotatable bonds is 7. The summed E-state index contributed by atoms with van der Waals surface area (Å²) in [6.07, 6.45) is 8.79. The first-order valence-corrected chi connectivity index (χ1v) is 19.5. The second-order valence-electron chi connectivity index (χ2n) is 16.5. The molecule has 284 valence electrons. The van der Waals surface area contributed by atoms with Gasteiger partial charge in [0, 0.05) is 66.1 Å². The summed E-state index contributed by atoms with van der Waals surface area (Å²) in [6.45, 7) is 13.1. The molecule has 4 aliphatic rings. The number of fused-ring (bicyclic) bond motifs is 2. The third-order valence-electron chi connectivity index (χ3n) is 11.6. The Morgan fingerprint density at radius 1 is 1.04 bits per heavy atom. The molecule has 1 amide bonds. The number of carbonyl (C=O) groups excluding carboxylic acids is 1. The van der Waals surface area contributed by atoms with Crippen molar-refractivity contribution in [1.82, 2.24) is 29.5 Å². The predicted octanol–water partition coefficient (Wildman–Crippen LogP) is 7.63. The van der Waals surface area contributed by atoms with Crippen LogP contribution in [0.1, 0.15) is 77.5 Å². The largest absolute Gasteiger partial charge is 0.494 e. The van der Waals surface area contributed by atoms with Crippen molar-refractivity contribution in [1.29, 1.82) is 0 Å². The van der Waals surface area contributed by atoms with E-state index >= 15 is 0 Å². The molecule has 4 saturated heterocycles. The summed E-state index contributed by atoms with van der Waals surface area (Å²) in [5, 5.41) is 7.18. The Kier molecular flexibility index (Phi) is 9.60. The van der Waals surface area contributed by atoms with Gasteiger partial charge in [-0.05, 0) is 104 Å². The molecule has 13 heteroatoms. The number of hydrogen-bond acceptors (Lipinski definition) is 10. The molecule has 4 fully saturated rings. The SMILES string of the molecule is COc1c(-c2c(C)ccc3c2cnn3C2CCCCO2)c(Cl)cc2c(N3CCC4(CC3)CN(C(=O)OC(C)(C)C)C4)nc(OC[C@@H]3CCCN3C)nc12. The van der Waals surface area contributed by atoms with Gasteiger partial charge in [-0.15, -0.1) is 0 Å². The first-order valence-electron chi connectivity index (χ1n) is 19.2. The molecule has 0 bridgehead atoms. The summed E-state index contributed by atoms with van der Waals surface area (Å²) in [6, 6.07) is 6.86. The Hall–Kier alpha value is -3.87. The highest BCUT2D eigenvalue weighted by Gasteiger charge is 2.48. The van der Waals surface area contributed by atoms with Gasteiger partial charge >= 0.3 is 12.1 Å². The number of benzene rings is 2. The van der Waals surface area contributed by atoms with E-state index in [1.807, 2.05) is 42.6 Å². The number of aromatic nitrogens is 4. The minimum Gasteiger partial charge on any atom is -0.494 e. The summed E-state index contributed by atoms with van der Waals surface area (Å²) >= 11 is 7.34. The Bertz CT molecular complexity index is 2010. The van der Waals surface area contributed by atoms with E-state index in [-0.39, 0.29) is 17.7 Å². The summed E-state index contributed by atoms with van der Waals surface area (Å²) in [5.74, 6) is 1.36. The maximum Gasteiger partial charge on any atom is 0.410 e. The van der Waals surface area contributed by atoms with E-state index in [1.165, 1.54) is 0 Å². The number of piperidine rings is 1. The normalized spacial score (nSPS) is 22.1. The molecule has 53 heavy (non-hydrogen) atoms. The maximum absolute atomic E-state index is 12.7. The summed E-state index contributed by atoms with van der Waals surface area (Å²) < 4.78 is 26.5. The monoisotopic (exact) mass is 745 g/mol. The second kappa shape index (κ2) is 14.1. The molecule has 2 aromatic heterocycles. The maximum atomic E-state index is 12.7. The number of amides is 1. The quantitative estimate of drug-likeness (QED) is 0.188. The van der Waals surface area contributed by atoms with Gasteiger partial charge in [-0.3, -0.25) is 0 Å². The van der Waals surface area contributed by atoms with Crippen LogP contribution in [0.5, 0.6) is 11.8 Å². The van der Waals surface area contributed by atoms with Crippen molar-refractivity contribution in [3.05, 3.63) is 35.0 Å². The zero-order valence-electron chi connectivity index (χ0n) is 31.9. The summed E-state index contributed by atoms with van der Waals surface area (Å²) in [5.41, 5.74) is 4.01. The zero-order chi connectivity index (χ0) is 37.1. The number of carbonyl (C=O) groups is 1.